The summed E-state index contributed by atoms with van der Waals surface area (Å²) in [6.45, 7) is 5.00. The predicted octanol–water partition coefficient (Wildman–Crippen LogP) is 0.872. The summed E-state index contributed by atoms with van der Waals surface area (Å²) in [5, 5.41) is 11.5. The van der Waals surface area contributed by atoms with E-state index in [9.17, 15) is 4.79 Å². The van der Waals surface area contributed by atoms with Crippen LogP contribution in [-0.4, -0.2) is 72.1 Å². The van der Waals surface area contributed by atoms with E-state index in [4.69, 9.17) is 4.74 Å². The summed E-state index contributed by atoms with van der Waals surface area (Å²) in [7, 11) is 1.97. The van der Waals surface area contributed by atoms with Gasteiger partial charge < -0.3 is 15.4 Å². The van der Waals surface area contributed by atoms with Gasteiger partial charge in [-0.15, -0.1) is 0 Å². The van der Waals surface area contributed by atoms with Crippen molar-refractivity contribution in [1.29, 1.82) is 0 Å². The standard InChI is InChI=1S/C20H33N5O2/c1-24-18-7-6-16(22-15-4-2-3-5-15)14-17(18)19(23-24)20(26)21-8-9-25-10-12-27-13-11-25/h15-16,22H,2-14H2,1H3,(H,21,26)/t16-/m1/s1. The zero-order valence-corrected chi connectivity index (χ0v) is 16.5. The average Bonchev–Trinajstić information content (AvgIpc) is 3.30. The molecule has 150 valence electrons. The predicted molar refractivity (Wildman–Crippen MR) is 104 cm³/mol. The molecule has 0 spiro atoms. The number of nitrogens with zero attached hydrogens (tertiary/aromatic N) is 3. The van der Waals surface area contributed by atoms with E-state index >= 15 is 0 Å². The number of hydrogen-bond donors (Lipinski definition) is 2. The number of rotatable bonds is 6. The summed E-state index contributed by atoms with van der Waals surface area (Å²) in [6.07, 6.45) is 8.35. The highest BCUT2D eigenvalue weighted by Crippen LogP contribution is 2.26. The molecule has 0 unspecified atom stereocenters. The van der Waals surface area contributed by atoms with Gasteiger partial charge in [0.05, 0.1) is 13.2 Å². The van der Waals surface area contributed by atoms with Crippen molar-refractivity contribution in [2.75, 3.05) is 39.4 Å². The van der Waals surface area contributed by atoms with Gasteiger partial charge in [-0.2, -0.15) is 5.10 Å². The highest BCUT2D eigenvalue weighted by Gasteiger charge is 2.29. The van der Waals surface area contributed by atoms with E-state index in [0.29, 0.717) is 24.3 Å². The largest absolute Gasteiger partial charge is 0.379 e. The zero-order chi connectivity index (χ0) is 18.6. The van der Waals surface area contributed by atoms with Crippen molar-refractivity contribution in [3.63, 3.8) is 0 Å². The van der Waals surface area contributed by atoms with Crippen LogP contribution < -0.4 is 10.6 Å². The summed E-state index contributed by atoms with van der Waals surface area (Å²) in [6, 6.07) is 1.14. The van der Waals surface area contributed by atoms with Gasteiger partial charge in [-0.05, 0) is 32.1 Å². The first kappa shape index (κ1) is 18.9. The van der Waals surface area contributed by atoms with Crippen molar-refractivity contribution in [1.82, 2.24) is 25.3 Å². The second kappa shape index (κ2) is 8.71. The summed E-state index contributed by atoms with van der Waals surface area (Å²) in [5.41, 5.74) is 3.02. The Hall–Kier alpha value is -1.44. The van der Waals surface area contributed by atoms with Crippen LogP contribution in [0, 0.1) is 0 Å². The third-order valence-electron chi connectivity index (χ3n) is 6.31. The third kappa shape index (κ3) is 4.52. The molecule has 1 aliphatic heterocycles. The van der Waals surface area contributed by atoms with E-state index in [1.807, 2.05) is 11.7 Å². The van der Waals surface area contributed by atoms with Gasteiger partial charge in [0.15, 0.2) is 5.69 Å². The van der Waals surface area contributed by atoms with Crippen molar-refractivity contribution >= 4 is 5.91 Å². The molecular formula is C20H33N5O2. The van der Waals surface area contributed by atoms with E-state index in [2.05, 4.69) is 20.6 Å². The van der Waals surface area contributed by atoms with E-state index in [-0.39, 0.29) is 5.91 Å². The Morgan fingerprint density at radius 3 is 2.74 bits per heavy atom. The van der Waals surface area contributed by atoms with Gasteiger partial charge in [0, 0.05) is 56.6 Å². The molecule has 4 rings (SSSR count). The number of morpholine rings is 1. The van der Waals surface area contributed by atoms with E-state index < -0.39 is 0 Å². The molecule has 1 amide bonds. The van der Waals surface area contributed by atoms with Crippen LogP contribution in [0.5, 0.6) is 0 Å². The van der Waals surface area contributed by atoms with Crippen LogP contribution in [0.25, 0.3) is 0 Å². The number of aromatic nitrogens is 2. The maximum Gasteiger partial charge on any atom is 0.272 e. The highest BCUT2D eigenvalue weighted by atomic mass is 16.5. The van der Waals surface area contributed by atoms with Crippen LogP contribution in [0.2, 0.25) is 0 Å². The summed E-state index contributed by atoms with van der Waals surface area (Å²) >= 11 is 0. The molecule has 0 radical (unpaired) electrons. The maximum absolute atomic E-state index is 12.8. The molecular weight excluding hydrogens is 342 g/mol. The Bertz CT molecular complexity index is 647. The van der Waals surface area contributed by atoms with Crippen LogP contribution in [-0.2, 0) is 24.6 Å². The monoisotopic (exact) mass is 375 g/mol. The van der Waals surface area contributed by atoms with Gasteiger partial charge in [-0.25, -0.2) is 0 Å². The number of amides is 1. The molecule has 1 aromatic rings. The normalized spacial score (nSPS) is 24.1. The lowest BCUT2D eigenvalue weighted by molar-refractivity contribution is 0.0383. The van der Waals surface area contributed by atoms with Gasteiger partial charge in [-0.3, -0.25) is 14.4 Å². The minimum Gasteiger partial charge on any atom is -0.379 e. The van der Waals surface area contributed by atoms with Crippen LogP contribution >= 0.6 is 0 Å². The number of carbonyl (C=O) groups excluding carboxylic acids is 1. The number of carbonyl (C=O) groups is 1. The Labute approximate surface area is 161 Å². The fourth-order valence-electron chi connectivity index (χ4n) is 4.78. The highest BCUT2D eigenvalue weighted by molar-refractivity contribution is 5.94. The number of aryl methyl sites for hydroxylation is 1. The molecule has 0 aromatic carbocycles. The molecule has 2 heterocycles. The Morgan fingerprint density at radius 2 is 1.96 bits per heavy atom. The molecule has 2 N–H and O–H groups in total. The SMILES string of the molecule is Cn1nc(C(=O)NCCN2CCOCC2)c2c1CC[C@@H](NC1CCCC1)C2. The zero-order valence-electron chi connectivity index (χ0n) is 16.5. The summed E-state index contributed by atoms with van der Waals surface area (Å²) in [4.78, 5) is 15.1. The van der Waals surface area contributed by atoms with Gasteiger partial charge in [0.1, 0.15) is 0 Å². The van der Waals surface area contributed by atoms with Crippen LogP contribution in [0.3, 0.4) is 0 Å². The van der Waals surface area contributed by atoms with Crippen LogP contribution in [0.4, 0.5) is 0 Å². The molecule has 1 atom stereocenters. The number of nitrogens with one attached hydrogen (secondary N) is 2. The van der Waals surface area contributed by atoms with Gasteiger partial charge in [-0.1, -0.05) is 12.8 Å². The molecule has 2 aliphatic carbocycles. The summed E-state index contributed by atoms with van der Waals surface area (Å²) in [5.74, 6) is -0.0263. The first-order valence-electron chi connectivity index (χ1n) is 10.6. The van der Waals surface area contributed by atoms with Crippen molar-refractivity contribution in [2.24, 2.45) is 7.05 Å². The molecule has 7 heteroatoms. The topological polar surface area (TPSA) is 71.4 Å². The molecule has 1 saturated heterocycles. The van der Waals surface area contributed by atoms with E-state index in [0.717, 1.165) is 57.7 Å². The van der Waals surface area contributed by atoms with Crippen molar-refractivity contribution in [3.05, 3.63) is 17.0 Å². The van der Waals surface area contributed by atoms with Crippen LogP contribution in [0.15, 0.2) is 0 Å². The number of ether oxygens (including phenoxy) is 1. The third-order valence-corrected chi connectivity index (χ3v) is 6.31. The average molecular weight is 376 g/mol. The lowest BCUT2D eigenvalue weighted by Gasteiger charge is -2.27. The molecule has 2 fully saturated rings. The van der Waals surface area contributed by atoms with Crippen LogP contribution in [0.1, 0.15) is 53.8 Å². The number of fused-ring (bicyclic) bond motifs is 1. The van der Waals surface area contributed by atoms with Crippen molar-refractivity contribution < 1.29 is 9.53 Å². The molecule has 3 aliphatic rings. The Morgan fingerprint density at radius 1 is 1.19 bits per heavy atom. The fraction of sp³-hybridized carbons (Fsp3) is 0.800. The fourth-order valence-corrected chi connectivity index (χ4v) is 4.78. The minimum absolute atomic E-state index is 0.0263. The van der Waals surface area contributed by atoms with Crippen molar-refractivity contribution in [2.45, 2.75) is 57.0 Å². The second-order valence-electron chi connectivity index (χ2n) is 8.20. The van der Waals surface area contributed by atoms with Gasteiger partial charge in [0.25, 0.3) is 5.91 Å². The molecule has 1 aromatic heterocycles. The lowest BCUT2D eigenvalue weighted by Crippen LogP contribution is -2.42. The molecule has 0 bridgehead atoms. The minimum atomic E-state index is -0.0263. The van der Waals surface area contributed by atoms with Crippen molar-refractivity contribution in [3.8, 4) is 0 Å². The second-order valence-corrected chi connectivity index (χ2v) is 8.20. The van der Waals surface area contributed by atoms with Gasteiger partial charge >= 0.3 is 0 Å². The van der Waals surface area contributed by atoms with E-state index in [1.165, 1.54) is 31.4 Å². The first-order chi connectivity index (χ1) is 13.2. The molecule has 27 heavy (non-hydrogen) atoms. The Balaban J connectivity index is 1.34. The quantitative estimate of drug-likeness (QED) is 0.772. The first-order valence-corrected chi connectivity index (χ1v) is 10.6. The molecule has 1 saturated carbocycles. The Kier molecular flexibility index (Phi) is 6.10. The molecule has 7 nitrogen and oxygen atoms in total. The maximum atomic E-state index is 12.8. The summed E-state index contributed by atoms with van der Waals surface area (Å²) < 4.78 is 7.29. The number of hydrogen-bond acceptors (Lipinski definition) is 5. The van der Waals surface area contributed by atoms with E-state index in [1.54, 1.807) is 0 Å². The smallest absolute Gasteiger partial charge is 0.272 e. The van der Waals surface area contributed by atoms with Gasteiger partial charge in [0.2, 0.25) is 0 Å². The lowest BCUT2D eigenvalue weighted by atomic mass is 9.90.